The van der Waals surface area contributed by atoms with Crippen LogP contribution in [-0.2, 0) is 15.6 Å². The van der Waals surface area contributed by atoms with Crippen LogP contribution in [0.3, 0.4) is 0 Å². The smallest absolute Gasteiger partial charge is 0.416 e. The van der Waals surface area contributed by atoms with Crippen molar-refractivity contribution in [1.82, 2.24) is 30.4 Å². The Labute approximate surface area is 396 Å². The fourth-order valence-electron chi connectivity index (χ4n) is 8.44. The molecule has 0 saturated heterocycles. The lowest BCUT2D eigenvalue weighted by Crippen LogP contribution is -2.54. The molecule has 0 bridgehead atoms. The van der Waals surface area contributed by atoms with Crippen molar-refractivity contribution in [2.24, 2.45) is 11.5 Å². The SMILES string of the molecule is COc1c(C(N)=O)ccc(F)c1-c1ccc(N(CC2(c3ncccc3F)CC(F)C2)C(=O)OC(C)(C)C)nn1.NC(=O)c1ccc(F)c(-c2ccc(NCC3(c4ncccc4F)CC(F)C3)nn2)c1O. The van der Waals surface area contributed by atoms with Crippen LogP contribution in [0.15, 0.2) is 85.2 Å². The molecule has 0 atom stereocenters. The van der Waals surface area contributed by atoms with Gasteiger partial charge in [0.25, 0.3) is 11.8 Å². The van der Waals surface area contributed by atoms with Gasteiger partial charge >= 0.3 is 6.09 Å². The molecule has 2 aliphatic carbocycles. The van der Waals surface area contributed by atoms with E-state index in [1.807, 2.05) is 0 Å². The average molecular weight is 973 g/mol. The average Bonchev–Trinajstić information content (AvgIpc) is 3.28. The second kappa shape index (κ2) is 20.0. The van der Waals surface area contributed by atoms with Gasteiger partial charge in [0, 0.05) is 36.3 Å². The first kappa shape index (κ1) is 50.0. The Morgan fingerprint density at radius 1 is 0.714 bits per heavy atom. The zero-order valence-electron chi connectivity index (χ0n) is 38.0. The van der Waals surface area contributed by atoms with E-state index in [0.29, 0.717) is 0 Å². The molecular weight excluding hydrogens is 927 g/mol. The number of aromatic hydroxyl groups is 1. The van der Waals surface area contributed by atoms with Crippen molar-refractivity contribution in [2.45, 2.75) is 75.2 Å². The number of nitrogens with one attached hydrogen (secondary N) is 1. The van der Waals surface area contributed by atoms with E-state index in [0.717, 1.165) is 23.1 Å². The van der Waals surface area contributed by atoms with Gasteiger partial charge in [0.1, 0.15) is 58.5 Å². The molecule has 8 rings (SSSR count). The minimum Gasteiger partial charge on any atom is -0.506 e. The second-order valence-electron chi connectivity index (χ2n) is 17.8. The molecular formula is C48H46F6N10O6. The number of alkyl halides is 2. The number of aromatic nitrogens is 6. The van der Waals surface area contributed by atoms with Gasteiger partial charge in [0.05, 0.1) is 52.1 Å². The van der Waals surface area contributed by atoms with E-state index in [-0.39, 0.29) is 101 Å². The van der Waals surface area contributed by atoms with Crippen LogP contribution in [0.25, 0.3) is 22.5 Å². The summed E-state index contributed by atoms with van der Waals surface area (Å²) in [4.78, 5) is 45.9. The zero-order chi connectivity index (χ0) is 50.7. The van der Waals surface area contributed by atoms with E-state index >= 15 is 0 Å². The fourth-order valence-corrected chi connectivity index (χ4v) is 8.44. The van der Waals surface area contributed by atoms with Crippen LogP contribution in [-0.4, -0.2) is 91.5 Å². The van der Waals surface area contributed by atoms with Crippen molar-refractivity contribution in [2.75, 3.05) is 30.4 Å². The molecule has 6 N–H and O–H groups in total. The summed E-state index contributed by atoms with van der Waals surface area (Å²) in [5, 5.41) is 29.2. The third-order valence-electron chi connectivity index (χ3n) is 11.7. The second-order valence-corrected chi connectivity index (χ2v) is 17.8. The van der Waals surface area contributed by atoms with E-state index < -0.39 is 75.7 Å². The number of nitrogens with zero attached hydrogens (tertiary/aromatic N) is 7. The van der Waals surface area contributed by atoms with Crippen molar-refractivity contribution in [3.63, 3.8) is 0 Å². The number of anilines is 2. The summed E-state index contributed by atoms with van der Waals surface area (Å²) in [6.07, 6.45) is -0.0728. The number of phenols is 1. The van der Waals surface area contributed by atoms with Crippen LogP contribution in [0, 0.1) is 23.3 Å². The van der Waals surface area contributed by atoms with Crippen molar-refractivity contribution in [3.05, 3.63) is 131 Å². The van der Waals surface area contributed by atoms with Crippen LogP contribution in [0.5, 0.6) is 11.5 Å². The first-order valence-electron chi connectivity index (χ1n) is 21.6. The third-order valence-corrected chi connectivity index (χ3v) is 11.7. The summed E-state index contributed by atoms with van der Waals surface area (Å²) in [6, 6.07) is 15.4. The van der Waals surface area contributed by atoms with Crippen LogP contribution in [0.1, 0.15) is 78.6 Å². The Hall–Kier alpha value is -7.91. The Morgan fingerprint density at radius 2 is 1.24 bits per heavy atom. The predicted molar refractivity (Wildman–Crippen MR) is 242 cm³/mol. The maximum atomic E-state index is 14.8. The number of halogens is 6. The maximum absolute atomic E-state index is 14.8. The number of hydrogen-bond acceptors (Lipinski definition) is 13. The predicted octanol–water partition coefficient (Wildman–Crippen LogP) is 7.84. The van der Waals surface area contributed by atoms with Gasteiger partial charge in [-0.25, -0.2) is 31.1 Å². The number of nitrogens with two attached hydrogens (primary N) is 2. The number of primary amides is 2. The summed E-state index contributed by atoms with van der Waals surface area (Å²) in [7, 11) is 1.25. The number of hydrogen-bond donors (Lipinski definition) is 4. The maximum Gasteiger partial charge on any atom is 0.416 e. The van der Waals surface area contributed by atoms with Gasteiger partial charge < -0.3 is 31.4 Å². The highest BCUT2D eigenvalue weighted by Crippen LogP contribution is 2.48. The lowest BCUT2D eigenvalue weighted by molar-refractivity contribution is 0.0506. The number of pyridine rings is 2. The molecule has 0 spiro atoms. The molecule has 22 heteroatoms. The van der Waals surface area contributed by atoms with Crippen LogP contribution in [0.2, 0.25) is 0 Å². The first-order chi connectivity index (χ1) is 33.2. The Kier molecular flexibility index (Phi) is 14.3. The van der Waals surface area contributed by atoms with Crippen LogP contribution >= 0.6 is 0 Å². The standard InChI is InChI=1S/C27H28F3N5O4.C21H18F3N5O2/c1-26(2,3)39-25(37)35(14-27(12-15(28)13-27)23-18(30)6-5-11-32-23)20-10-9-19(33-34-20)21-17(29)8-7-16(24(31)36)22(21)38-4;22-11-8-21(9-11,19-14(24)2-1-7-26-19)10-27-16-6-5-15(28-29-16)17-13(23)4-3-12(18(17)30)20(25)31/h5-11,15H,12-14H2,1-4H3,(H2,31,36);1-7,11,30H,8-10H2,(H2,25,31)(H,27,29). The van der Waals surface area contributed by atoms with Crippen molar-refractivity contribution < 1.29 is 55.3 Å². The molecule has 0 aliphatic heterocycles. The number of benzene rings is 2. The highest BCUT2D eigenvalue weighted by Gasteiger charge is 2.51. The Bertz CT molecular complexity index is 2920. The lowest BCUT2D eigenvalue weighted by atomic mass is 9.64. The van der Waals surface area contributed by atoms with Gasteiger partial charge in [-0.05, 0) is 119 Å². The fraction of sp³-hybridized carbons (Fsp3) is 0.312. The van der Waals surface area contributed by atoms with Gasteiger partial charge in [-0.2, -0.15) is 0 Å². The quantitative estimate of drug-likeness (QED) is 0.0809. The molecule has 4 aromatic heterocycles. The molecule has 2 saturated carbocycles. The van der Waals surface area contributed by atoms with E-state index in [1.54, 1.807) is 20.8 Å². The molecule has 2 aliphatic rings. The zero-order valence-corrected chi connectivity index (χ0v) is 38.0. The summed E-state index contributed by atoms with van der Waals surface area (Å²) < 4.78 is 96.7. The molecule has 0 unspecified atom stereocenters. The van der Waals surface area contributed by atoms with Gasteiger partial charge in [0.2, 0.25) is 0 Å². The van der Waals surface area contributed by atoms with Crippen LogP contribution in [0.4, 0.5) is 42.8 Å². The summed E-state index contributed by atoms with van der Waals surface area (Å²) in [6.45, 7) is 5.00. The molecule has 366 valence electrons. The summed E-state index contributed by atoms with van der Waals surface area (Å²) >= 11 is 0. The molecule has 3 amide bonds. The molecule has 6 aromatic rings. The van der Waals surface area contributed by atoms with E-state index in [4.69, 9.17) is 20.9 Å². The number of amides is 3. The van der Waals surface area contributed by atoms with Gasteiger partial charge in [0.15, 0.2) is 5.82 Å². The third kappa shape index (κ3) is 10.4. The molecule has 0 radical (unpaired) electrons. The van der Waals surface area contributed by atoms with E-state index in [1.165, 1.54) is 74.1 Å². The van der Waals surface area contributed by atoms with Crippen molar-refractivity contribution in [1.29, 1.82) is 0 Å². The molecule has 2 aromatic carbocycles. The molecule has 2 fully saturated rings. The van der Waals surface area contributed by atoms with Crippen molar-refractivity contribution >= 4 is 29.5 Å². The summed E-state index contributed by atoms with van der Waals surface area (Å²) in [5.74, 6) is -4.87. The highest BCUT2D eigenvalue weighted by atomic mass is 19.2. The number of carbonyl (C=O) groups excluding carboxylic acids is 3. The molecule has 16 nitrogen and oxygen atoms in total. The largest absolute Gasteiger partial charge is 0.506 e. The number of rotatable bonds is 13. The minimum atomic E-state index is -1.20. The van der Waals surface area contributed by atoms with E-state index in [9.17, 15) is 45.8 Å². The highest BCUT2D eigenvalue weighted by molar-refractivity contribution is 5.99. The first-order valence-corrected chi connectivity index (χ1v) is 21.6. The Balaban J connectivity index is 0.000000212. The topological polar surface area (TPSA) is 235 Å². The minimum absolute atomic E-state index is 0.00158. The Morgan fingerprint density at radius 3 is 1.74 bits per heavy atom. The lowest BCUT2D eigenvalue weighted by Gasteiger charge is -2.46. The number of methoxy groups -OCH3 is 1. The molecule has 70 heavy (non-hydrogen) atoms. The molecule has 4 heterocycles. The normalized spacial score (nSPS) is 19.3. The monoisotopic (exact) mass is 972 g/mol. The van der Waals surface area contributed by atoms with E-state index in [2.05, 4.69) is 35.7 Å². The van der Waals surface area contributed by atoms with Gasteiger partial charge in [-0.1, -0.05) is 0 Å². The number of carbonyl (C=O) groups is 3. The number of ether oxygens (including phenoxy) is 2. The van der Waals surface area contributed by atoms with Gasteiger partial charge in [-0.3, -0.25) is 24.5 Å². The summed E-state index contributed by atoms with van der Waals surface area (Å²) in [5.41, 5.74) is 7.19. The van der Waals surface area contributed by atoms with Gasteiger partial charge in [-0.15, -0.1) is 20.4 Å². The van der Waals surface area contributed by atoms with Crippen LogP contribution < -0.4 is 26.4 Å². The van der Waals surface area contributed by atoms with Crippen molar-refractivity contribution in [3.8, 4) is 34.0 Å².